The first-order valence-electron chi connectivity index (χ1n) is 9.02. The molecule has 4 rings (SSSR count). The Morgan fingerprint density at radius 2 is 2.03 bits per heavy atom. The molecule has 0 unspecified atom stereocenters. The summed E-state index contributed by atoms with van der Waals surface area (Å²) >= 11 is 2.95. The summed E-state index contributed by atoms with van der Waals surface area (Å²) in [6.45, 7) is 2.91. The van der Waals surface area contributed by atoms with Crippen molar-refractivity contribution in [2.75, 3.05) is 22.8 Å². The van der Waals surface area contributed by atoms with E-state index in [1.165, 1.54) is 29.4 Å². The van der Waals surface area contributed by atoms with Gasteiger partial charge in [-0.25, -0.2) is 4.98 Å². The lowest BCUT2D eigenvalue weighted by Crippen LogP contribution is -2.29. The van der Waals surface area contributed by atoms with Crippen molar-refractivity contribution in [3.63, 3.8) is 0 Å². The summed E-state index contributed by atoms with van der Waals surface area (Å²) in [5.74, 6) is 0.712. The van der Waals surface area contributed by atoms with E-state index in [1.54, 1.807) is 12.3 Å². The van der Waals surface area contributed by atoms with Gasteiger partial charge in [0.25, 0.3) is 0 Å². The number of aryl methyl sites for hydroxylation is 1. The average molecular weight is 438 g/mol. The van der Waals surface area contributed by atoms with Gasteiger partial charge in [-0.15, -0.1) is 11.3 Å². The Kier molecular flexibility index (Phi) is 5.60. The van der Waals surface area contributed by atoms with Crippen LogP contribution >= 0.6 is 23.3 Å². The summed E-state index contributed by atoms with van der Waals surface area (Å²) in [5, 5.41) is 2.71. The fourth-order valence-corrected chi connectivity index (χ4v) is 4.45. The predicted octanol–water partition coefficient (Wildman–Crippen LogP) is 6.37. The number of hydrogen-bond acceptors (Lipinski definition) is 6. The van der Waals surface area contributed by atoms with Gasteiger partial charge in [-0.3, -0.25) is 0 Å². The molecule has 1 aromatic heterocycles. The third-order valence-corrected chi connectivity index (χ3v) is 6.16. The number of fused-ring (bicyclic) bond motifs is 1. The molecule has 0 amide bonds. The number of benzene rings is 2. The van der Waals surface area contributed by atoms with Crippen molar-refractivity contribution in [1.29, 1.82) is 0 Å². The van der Waals surface area contributed by atoms with E-state index in [1.807, 2.05) is 35.4 Å². The van der Waals surface area contributed by atoms with E-state index < -0.39 is 11.7 Å². The van der Waals surface area contributed by atoms with Gasteiger partial charge in [0.05, 0.1) is 17.8 Å². The number of hydrogen-bond donors (Lipinski definition) is 1. The van der Waals surface area contributed by atoms with Crippen molar-refractivity contribution in [3.8, 4) is 5.75 Å². The van der Waals surface area contributed by atoms with Gasteiger partial charge in [0.1, 0.15) is 12.4 Å². The second-order valence-electron chi connectivity index (χ2n) is 6.37. The van der Waals surface area contributed by atoms with Crippen molar-refractivity contribution in [3.05, 3.63) is 59.1 Å². The van der Waals surface area contributed by atoms with Crippen LogP contribution in [0.4, 0.5) is 29.7 Å². The summed E-state index contributed by atoms with van der Waals surface area (Å²) in [4.78, 5) is 7.17. The van der Waals surface area contributed by atoms with Crippen LogP contribution in [0.1, 0.15) is 18.1 Å². The standard InChI is InChI=1S/C20H18F3N3OS2/c1-2-13-11-14(20(21,22)23)3-5-16(13)26-8-9-27-18-12-15(4-6-17(18)26)29-25-19-24-7-10-28-19/h3-7,10-12H,2,8-9H2,1H3,(H,24,25). The highest BCUT2D eigenvalue weighted by molar-refractivity contribution is 8.00. The molecule has 0 saturated heterocycles. The summed E-state index contributed by atoms with van der Waals surface area (Å²) in [6.07, 6.45) is -2.10. The molecule has 1 N–H and O–H groups in total. The molecule has 1 aliphatic rings. The minimum absolute atomic E-state index is 0.463. The summed E-state index contributed by atoms with van der Waals surface area (Å²) in [5.41, 5.74) is 1.68. The van der Waals surface area contributed by atoms with Gasteiger partial charge in [-0.1, -0.05) is 6.92 Å². The highest BCUT2D eigenvalue weighted by atomic mass is 32.2. The SMILES string of the molecule is CCc1cc(C(F)(F)F)ccc1N1CCOc2cc(SNc3nccs3)ccc21. The van der Waals surface area contributed by atoms with Crippen LogP contribution in [0.2, 0.25) is 0 Å². The molecule has 0 atom stereocenters. The van der Waals surface area contributed by atoms with Crippen molar-refractivity contribution < 1.29 is 17.9 Å². The molecular weight excluding hydrogens is 419 g/mol. The molecular formula is C20H18F3N3OS2. The quantitative estimate of drug-likeness (QED) is 0.469. The van der Waals surface area contributed by atoms with Gasteiger partial charge in [0, 0.05) is 22.2 Å². The zero-order chi connectivity index (χ0) is 20.4. The highest BCUT2D eigenvalue weighted by Gasteiger charge is 2.31. The topological polar surface area (TPSA) is 37.4 Å². The van der Waals surface area contributed by atoms with Crippen molar-refractivity contribution >= 4 is 39.8 Å². The Hall–Kier alpha value is -2.39. The number of alkyl halides is 3. The number of ether oxygens (including phenoxy) is 1. The number of nitrogens with zero attached hydrogens (tertiary/aromatic N) is 2. The highest BCUT2D eigenvalue weighted by Crippen LogP contribution is 2.41. The second kappa shape index (κ2) is 8.16. The first-order valence-corrected chi connectivity index (χ1v) is 10.7. The van der Waals surface area contributed by atoms with Crippen LogP contribution in [0.3, 0.4) is 0 Å². The van der Waals surface area contributed by atoms with Gasteiger partial charge < -0.3 is 14.4 Å². The van der Waals surface area contributed by atoms with Crippen LogP contribution < -0.4 is 14.4 Å². The largest absolute Gasteiger partial charge is 0.489 e. The Morgan fingerprint density at radius 3 is 2.76 bits per heavy atom. The normalized spacial score (nSPS) is 13.7. The average Bonchev–Trinajstić information content (AvgIpc) is 3.24. The first kappa shape index (κ1) is 19.9. The zero-order valence-electron chi connectivity index (χ0n) is 15.5. The lowest BCUT2D eigenvalue weighted by molar-refractivity contribution is -0.137. The minimum atomic E-state index is -4.35. The number of anilines is 3. The molecule has 0 saturated carbocycles. The van der Waals surface area contributed by atoms with E-state index in [9.17, 15) is 13.2 Å². The molecule has 3 aromatic rings. The lowest BCUT2D eigenvalue weighted by atomic mass is 10.0. The first-order chi connectivity index (χ1) is 14.0. The Morgan fingerprint density at radius 1 is 1.21 bits per heavy atom. The third-order valence-electron chi connectivity index (χ3n) is 4.56. The van der Waals surface area contributed by atoms with Crippen LogP contribution in [-0.4, -0.2) is 18.1 Å². The van der Waals surface area contributed by atoms with Crippen LogP contribution in [-0.2, 0) is 12.6 Å². The maximum Gasteiger partial charge on any atom is 0.416 e. The van der Waals surface area contributed by atoms with E-state index in [0.29, 0.717) is 30.9 Å². The van der Waals surface area contributed by atoms with Crippen molar-refractivity contribution in [1.82, 2.24) is 4.98 Å². The smallest absolute Gasteiger partial charge is 0.416 e. The molecule has 0 fully saturated rings. The fourth-order valence-electron chi connectivity index (χ4n) is 3.20. The Balaban J connectivity index is 1.61. The number of nitrogens with one attached hydrogen (secondary N) is 1. The monoisotopic (exact) mass is 437 g/mol. The van der Waals surface area contributed by atoms with Crippen LogP contribution in [0.5, 0.6) is 5.75 Å². The van der Waals surface area contributed by atoms with Crippen LogP contribution in [0.25, 0.3) is 0 Å². The number of aromatic nitrogens is 1. The molecule has 9 heteroatoms. The van der Waals surface area contributed by atoms with Crippen molar-refractivity contribution in [2.45, 2.75) is 24.4 Å². The number of rotatable bonds is 5. The Bertz CT molecular complexity index is 993. The molecule has 0 aliphatic carbocycles. The van der Waals surface area contributed by atoms with E-state index in [4.69, 9.17) is 4.74 Å². The molecule has 2 heterocycles. The van der Waals surface area contributed by atoms with Crippen LogP contribution in [0, 0.1) is 0 Å². The second-order valence-corrected chi connectivity index (χ2v) is 8.14. The minimum Gasteiger partial charge on any atom is -0.489 e. The van der Waals surface area contributed by atoms with E-state index in [-0.39, 0.29) is 0 Å². The maximum absolute atomic E-state index is 13.1. The molecule has 152 valence electrons. The molecule has 2 aromatic carbocycles. The summed E-state index contributed by atoms with van der Waals surface area (Å²) < 4.78 is 48.3. The fraction of sp³-hybridized carbons (Fsp3) is 0.250. The molecule has 1 aliphatic heterocycles. The molecule has 4 nitrogen and oxygen atoms in total. The van der Waals surface area contributed by atoms with Gasteiger partial charge in [0.15, 0.2) is 5.13 Å². The van der Waals surface area contributed by atoms with Gasteiger partial charge >= 0.3 is 6.18 Å². The molecule has 0 radical (unpaired) electrons. The van der Waals surface area contributed by atoms with E-state index in [2.05, 4.69) is 9.71 Å². The van der Waals surface area contributed by atoms with Gasteiger partial charge in [-0.05, 0) is 60.3 Å². The number of thiazole rings is 1. The summed E-state index contributed by atoms with van der Waals surface area (Å²) in [6, 6.07) is 9.78. The van der Waals surface area contributed by atoms with Gasteiger partial charge in [0.2, 0.25) is 0 Å². The third kappa shape index (κ3) is 4.30. The van der Waals surface area contributed by atoms with Crippen LogP contribution in [0.15, 0.2) is 52.9 Å². The Labute approximate surface area is 174 Å². The van der Waals surface area contributed by atoms with E-state index in [0.717, 1.165) is 27.5 Å². The predicted molar refractivity (Wildman–Crippen MR) is 111 cm³/mol. The van der Waals surface area contributed by atoms with Crippen molar-refractivity contribution in [2.24, 2.45) is 0 Å². The van der Waals surface area contributed by atoms with Gasteiger partial charge in [-0.2, -0.15) is 13.2 Å². The zero-order valence-corrected chi connectivity index (χ0v) is 17.1. The molecule has 0 bridgehead atoms. The van der Waals surface area contributed by atoms with E-state index >= 15 is 0 Å². The summed E-state index contributed by atoms with van der Waals surface area (Å²) in [7, 11) is 0. The lowest BCUT2D eigenvalue weighted by Gasteiger charge is -2.33. The molecule has 0 spiro atoms. The number of halogens is 3. The maximum atomic E-state index is 13.1. The molecule has 29 heavy (non-hydrogen) atoms.